The van der Waals surface area contributed by atoms with Crippen molar-refractivity contribution in [3.63, 3.8) is 0 Å². The third kappa shape index (κ3) is 3.24. The van der Waals surface area contributed by atoms with Crippen LogP contribution in [0.4, 0.5) is 24.5 Å². The molecule has 0 atom stereocenters. The second-order valence-corrected chi connectivity index (χ2v) is 4.71. The zero-order chi connectivity index (χ0) is 14.8. The highest BCUT2D eigenvalue weighted by atomic mass is 32.2. The molecule has 0 aliphatic carbocycles. The molecule has 0 aromatic heterocycles. The lowest BCUT2D eigenvalue weighted by atomic mass is 10.2. The summed E-state index contributed by atoms with van der Waals surface area (Å²) in [5.74, 6) is -0.803. The van der Waals surface area contributed by atoms with Gasteiger partial charge in [-0.15, -0.1) is 0 Å². The Kier molecular flexibility index (Phi) is 3.88. The number of nitrogens with zero attached hydrogens (tertiary/aromatic N) is 1. The number of nitrogens with one attached hydrogen (secondary N) is 1. The van der Waals surface area contributed by atoms with Gasteiger partial charge in [0, 0.05) is 7.05 Å². The molecule has 0 bridgehead atoms. The molecule has 19 heavy (non-hydrogen) atoms. The first-order valence-corrected chi connectivity index (χ1v) is 5.96. The molecule has 1 rings (SSSR count). The monoisotopic (exact) mass is 300 g/mol. The molecule has 0 fully saturated rings. The summed E-state index contributed by atoms with van der Waals surface area (Å²) in [7, 11) is -4.50. The van der Waals surface area contributed by atoms with Crippen molar-refractivity contribution in [2.45, 2.75) is 5.51 Å². The van der Waals surface area contributed by atoms with Crippen LogP contribution >= 0.6 is 0 Å². The second kappa shape index (κ2) is 4.91. The van der Waals surface area contributed by atoms with Crippen LogP contribution in [0.25, 0.3) is 0 Å². The molecule has 1 N–H and O–H groups in total. The van der Waals surface area contributed by atoms with Crippen LogP contribution in [0.2, 0.25) is 0 Å². The van der Waals surface area contributed by atoms with Gasteiger partial charge in [-0.25, -0.2) is 0 Å². The van der Waals surface area contributed by atoms with E-state index in [9.17, 15) is 31.7 Å². The largest absolute Gasteiger partial charge is 0.534 e. The Balaban J connectivity index is 3.18. The third-order valence-electron chi connectivity index (χ3n) is 1.92. The average molecular weight is 300 g/mol. The maximum absolute atomic E-state index is 12.1. The molecule has 0 saturated carbocycles. The van der Waals surface area contributed by atoms with E-state index in [2.05, 4.69) is 9.50 Å². The smallest absolute Gasteiger partial charge is 0.383 e. The van der Waals surface area contributed by atoms with Crippen molar-refractivity contribution in [3.05, 3.63) is 28.3 Å². The SMILES string of the molecule is CNc1ccc(OS(=O)(=O)C(F)(F)F)cc1[N+](=O)[O-]. The Morgan fingerprint density at radius 2 is 1.95 bits per heavy atom. The van der Waals surface area contributed by atoms with Gasteiger partial charge in [-0.3, -0.25) is 10.1 Å². The normalized spacial score (nSPS) is 12.0. The molecular weight excluding hydrogens is 293 g/mol. The number of benzene rings is 1. The van der Waals surface area contributed by atoms with Crippen molar-refractivity contribution in [2.75, 3.05) is 12.4 Å². The summed E-state index contributed by atoms with van der Waals surface area (Å²) in [6.07, 6.45) is 0. The van der Waals surface area contributed by atoms with Gasteiger partial charge in [0.1, 0.15) is 11.4 Å². The molecule has 0 spiro atoms. The minimum Gasteiger partial charge on any atom is -0.383 e. The van der Waals surface area contributed by atoms with Crippen molar-refractivity contribution in [3.8, 4) is 5.75 Å². The lowest BCUT2D eigenvalue weighted by Gasteiger charge is -2.10. The summed E-state index contributed by atoms with van der Waals surface area (Å²) in [6, 6.07) is 2.47. The predicted molar refractivity (Wildman–Crippen MR) is 58.2 cm³/mol. The van der Waals surface area contributed by atoms with Crippen molar-refractivity contribution >= 4 is 21.5 Å². The molecule has 0 heterocycles. The van der Waals surface area contributed by atoms with Gasteiger partial charge in [0.2, 0.25) is 0 Å². The number of anilines is 1. The molecule has 106 valence electrons. The van der Waals surface area contributed by atoms with E-state index in [1.54, 1.807) is 0 Å². The molecule has 0 amide bonds. The van der Waals surface area contributed by atoms with E-state index in [1.807, 2.05) is 0 Å². The van der Waals surface area contributed by atoms with Crippen LogP contribution in [0.1, 0.15) is 0 Å². The van der Waals surface area contributed by atoms with E-state index in [0.717, 1.165) is 12.1 Å². The Morgan fingerprint density at radius 3 is 2.37 bits per heavy atom. The van der Waals surface area contributed by atoms with E-state index in [0.29, 0.717) is 6.07 Å². The van der Waals surface area contributed by atoms with Crippen LogP contribution in [0.5, 0.6) is 5.75 Å². The Bertz CT molecular complexity index is 599. The zero-order valence-corrected chi connectivity index (χ0v) is 10.1. The average Bonchev–Trinajstić information content (AvgIpc) is 2.26. The van der Waals surface area contributed by atoms with E-state index in [-0.39, 0.29) is 5.69 Å². The molecule has 1 aromatic rings. The van der Waals surface area contributed by atoms with Crippen LogP contribution in [0.15, 0.2) is 18.2 Å². The molecule has 0 aliphatic heterocycles. The van der Waals surface area contributed by atoms with Gasteiger partial charge in [0.05, 0.1) is 11.0 Å². The molecule has 0 unspecified atom stereocenters. The first kappa shape index (κ1) is 15.0. The topological polar surface area (TPSA) is 98.5 Å². The van der Waals surface area contributed by atoms with Crippen LogP contribution in [-0.2, 0) is 10.1 Å². The van der Waals surface area contributed by atoms with Gasteiger partial charge >= 0.3 is 15.6 Å². The summed E-state index contributed by atoms with van der Waals surface area (Å²) < 4.78 is 61.4. The molecule has 7 nitrogen and oxygen atoms in total. The van der Waals surface area contributed by atoms with Gasteiger partial charge in [-0.2, -0.15) is 21.6 Å². The fourth-order valence-corrected chi connectivity index (χ4v) is 1.55. The van der Waals surface area contributed by atoms with Gasteiger partial charge in [0.25, 0.3) is 5.69 Å². The van der Waals surface area contributed by atoms with Crippen molar-refractivity contribution in [2.24, 2.45) is 0 Å². The standard InChI is InChI=1S/C8H7F3N2O5S/c1-12-6-3-2-5(4-7(6)13(14)15)18-19(16,17)8(9,10)11/h2-4,12H,1H3. The lowest BCUT2D eigenvalue weighted by Crippen LogP contribution is -2.28. The maximum atomic E-state index is 12.1. The van der Waals surface area contributed by atoms with Crippen LogP contribution in [0, 0.1) is 10.1 Å². The summed E-state index contributed by atoms with van der Waals surface area (Å²) in [5.41, 5.74) is -6.22. The number of rotatable bonds is 4. The van der Waals surface area contributed by atoms with Crippen LogP contribution < -0.4 is 9.50 Å². The molecular formula is C8H7F3N2O5S. The van der Waals surface area contributed by atoms with Gasteiger partial charge < -0.3 is 9.50 Å². The predicted octanol–water partition coefficient (Wildman–Crippen LogP) is 1.86. The quantitative estimate of drug-likeness (QED) is 0.394. The minimum absolute atomic E-state index is 0.00163. The van der Waals surface area contributed by atoms with Gasteiger partial charge in [-0.05, 0) is 12.1 Å². The third-order valence-corrected chi connectivity index (χ3v) is 2.90. The number of hydrogen-bond donors (Lipinski definition) is 1. The molecule has 0 saturated heterocycles. The number of nitro benzene ring substituents is 1. The first-order valence-electron chi connectivity index (χ1n) is 4.55. The van der Waals surface area contributed by atoms with E-state index in [4.69, 9.17) is 0 Å². The Labute approximate surface area is 105 Å². The highest BCUT2D eigenvalue weighted by Gasteiger charge is 2.48. The zero-order valence-electron chi connectivity index (χ0n) is 9.26. The number of alkyl halides is 3. The Morgan fingerprint density at radius 1 is 1.37 bits per heavy atom. The number of halogens is 3. The molecule has 11 heteroatoms. The summed E-state index contributed by atoms with van der Waals surface area (Å²) in [4.78, 5) is 9.74. The summed E-state index contributed by atoms with van der Waals surface area (Å²) >= 11 is 0. The summed E-state index contributed by atoms with van der Waals surface area (Å²) in [5, 5.41) is 13.1. The first-order chi connectivity index (χ1) is 8.58. The highest BCUT2D eigenvalue weighted by Crippen LogP contribution is 2.32. The number of nitro groups is 1. The maximum Gasteiger partial charge on any atom is 0.534 e. The van der Waals surface area contributed by atoms with Crippen molar-refractivity contribution in [1.82, 2.24) is 0 Å². The minimum atomic E-state index is -5.86. The fourth-order valence-electron chi connectivity index (χ4n) is 1.10. The van der Waals surface area contributed by atoms with Crippen molar-refractivity contribution in [1.29, 1.82) is 0 Å². The van der Waals surface area contributed by atoms with Gasteiger partial charge in [0.15, 0.2) is 0 Å². The Hall–Kier alpha value is -2.04. The lowest BCUT2D eigenvalue weighted by molar-refractivity contribution is -0.384. The van der Waals surface area contributed by atoms with E-state index in [1.165, 1.54) is 7.05 Å². The fraction of sp³-hybridized carbons (Fsp3) is 0.250. The number of hydrogen-bond acceptors (Lipinski definition) is 6. The van der Waals surface area contributed by atoms with E-state index >= 15 is 0 Å². The van der Waals surface area contributed by atoms with Crippen LogP contribution in [0.3, 0.4) is 0 Å². The van der Waals surface area contributed by atoms with E-state index < -0.39 is 32.0 Å². The summed E-state index contributed by atoms with van der Waals surface area (Å²) in [6.45, 7) is 0. The molecule has 0 aliphatic rings. The van der Waals surface area contributed by atoms with Crippen molar-refractivity contribution < 1.29 is 30.7 Å². The molecule has 1 aromatic carbocycles. The highest BCUT2D eigenvalue weighted by molar-refractivity contribution is 7.88. The second-order valence-electron chi connectivity index (χ2n) is 3.17. The molecule has 0 radical (unpaired) electrons. The van der Waals surface area contributed by atoms with Crippen LogP contribution in [-0.4, -0.2) is 25.9 Å². The van der Waals surface area contributed by atoms with Gasteiger partial charge in [-0.1, -0.05) is 0 Å².